The van der Waals surface area contributed by atoms with Gasteiger partial charge >= 0.3 is 6.03 Å². The summed E-state index contributed by atoms with van der Waals surface area (Å²) >= 11 is 10.8. The summed E-state index contributed by atoms with van der Waals surface area (Å²) in [5.74, 6) is 0.738. The number of urea groups is 1. The maximum absolute atomic E-state index is 12.0. The van der Waals surface area contributed by atoms with Gasteiger partial charge in [-0.05, 0) is 37.3 Å². The Bertz CT molecular complexity index is 663. The van der Waals surface area contributed by atoms with Crippen LogP contribution in [0.25, 0.3) is 0 Å². The first-order chi connectivity index (χ1) is 10.5. The number of halogens is 2. The molecule has 22 heavy (non-hydrogen) atoms. The molecule has 2 aromatic rings. The maximum atomic E-state index is 12.0. The van der Waals surface area contributed by atoms with Crippen molar-refractivity contribution in [3.05, 3.63) is 49.6 Å². The zero-order valence-electron chi connectivity index (χ0n) is 12.2. The smallest absolute Gasteiger partial charge is 0.315 e. The molecule has 2 N–H and O–H groups in total. The molecule has 1 unspecified atom stereocenters. The van der Waals surface area contributed by atoms with E-state index in [1.165, 1.54) is 11.3 Å². The number of nitrogens with one attached hydrogen (secondary N) is 2. The van der Waals surface area contributed by atoms with Crippen LogP contribution in [0.1, 0.15) is 23.4 Å². The molecule has 1 aromatic carbocycles. The van der Waals surface area contributed by atoms with E-state index in [0.29, 0.717) is 10.9 Å². The first kappa shape index (κ1) is 17.1. The highest BCUT2D eigenvalue weighted by Gasteiger charge is 2.12. The number of hydrogen-bond donors (Lipinski definition) is 2. The first-order valence-electron chi connectivity index (χ1n) is 6.61. The van der Waals surface area contributed by atoms with Crippen LogP contribution >= 0.6 is 38.9 Å². The van der Waals surface area contributed by atoms with Gasteiger partial charge in [0.25, 0.3) is 0 Å². The Balaban J connectivity index is 1.91. The average molecular weight is 404 g/mol. The normalized spacial score (nSPS) is 11.8. The van der Waals surface area contributed by atoms with Gasteiger partial charge in [0.2, 0.25) is 0 Å². The van der Waals surface area contributed by atoms with Gasteiger partial charge in [0.1, 0.15) is 5.75 Å². The van der Waals surface area contributed by atoms with Gasteiger partial charge in [-0.3, -0.25) is 0 Å². The number of benzene rings is 1. The number of hydrogen-bond acceptors (Lipinski definition) is 3. The number of amides is 2. The zero-order chi connectivity index (χ0) is 16.1. The molecule has 0 spiro atoms. The molecule has 1 heterocycles. The van der Waals surface area contributed by atoms with Crippen molar-refractivity contribution in [2.45, 2.75) is 19.5 Å². The summed E-state index contributed by atoms with van der Waals surface area (Å²) < 4.78 is 6.93. The van der Waals surface area contributed by atoms with E-state index in [1.807, 2.05) is 37.3 Å². The van der Waals surface area contributed by atoms with Crippen molar-refractivity contribution < 1.29 is 9.53 Å². The van der Waals surface area contributed by atoms with E-state index in [4.69, 9.17) is 16.3 Å². The van der Waals surface area contributed by atoms with E-state index in [-0.39, 0.29) is 12.1 Å². The summed E-state index contributed by atoms with van der Waals surface area (Å²) in [4.78, 5) is 13.0. The fraction of sp³-hybridized carbons (Fsp3) is 0.267. The Morgan fingerprint density at radius 1 is 1.41 bits per heavy atom. The van der Waals surface area contributed by atoms with Crippen molar-refractivity contribution in [1.29, 1.82) is 0 Å². The third kappa shape index (κ3) is 4.63. The highest BCUT2D eigenvalue weighted by Crippen LogP contribution is 2.26. The summed E-state index contributed by atoms with van der Waals surface area (Å²) in [6.45, 7) is 2.30. The molecule has 2 rings (SSSR count). The SMILES string of the molecule is COc1ccc(Br)cc1CNC(=O)NC(C)c1ccc(Cl)s1. The lowest BCUT2D eigenvalue weighted by atomic mass is 10.2. The fourth-order valence-corrected chi connectivity index (χ4v) is 3.41. The Hall–Kier alpha value is -1.24. The topological polar surface area (TPSA) is 50.4 Å². The largest absolute Gasteiger partial charge is 0.496 e. The molecule has 4 nitrogen and oxygen atoms in total. The minimum atomic E-state index is -0.237. The summed E-state index contributed by atoms with van der Waals surface area (Å²) in [5, 5.41) is 5.71. The third-order valence-corrected chi connectivity index (χ3v) is 4.96. The molecule has 7 heteroatoms. The van der Waals surface area contributed by atoms with E-state index >= 15 is 0 Å². The predicted octanol–water partition coefficient (Wildman–Crippen LogP) is 4.73. The molecular formula is C15H16BrClN2O2S. The summed E-state index contributed by atoms with van der Waals surface area (Å²) in [6.07, 6.45) is 0. The molecular weight excluding hydrogens is 388 g/mol. The quantitative estimate of drug-likeness (QED) is 0.758. The number of rotatable bonds is 5. The van der Waals surface area contributed by atoms with E-state index in [2.05, 4.69) is 26.6 Å². The number of ether oxygens (including phenoxy) is 1. The number of carbonyl (C=O) groups is 1. The van der Waals surface area contributed by atoms with Crippen molar-refractivity contribution in [2.24, 2.45) is 0 Å². The molecule has 118 valence electrons. The number of methoxy groups -OCH3 is 1. The highest BCUT2D eigenvalue weighted by atomic mass is 79.9. The summed E-state index contributed by atoms with van der Waals surface area (Å²) in [6, 6.07) is 9.07. The fourth-order valence-electron chi connectivity index (χ4n) is 1.94. The van der Waals surface area contributed by atoms with Gasteiger partial charge < -0.3 is 15.4 Å². The van der Waals surface area contributed by atoms with Crippen LogP contribution in [0.2, 0.25) is 4.34 Å². The molecule has 0 aliphatic carbocycles. The van der Waals surface area contributed by atoms with E-state index in [9.17, 15) is 4.79 Å². The van der Waals surface area contributed by atoms with Crippen molar-refractivity contribution in [2.75, 3.05) is 7.11 Å². The minimum absolute atomic E-state index is 0.0955. The van der Waals surface area contributed by atoms with Crippen LogP contribution in [0, 0.1) is 0 Å². The molecule has 1 atom stereocenters. The molecule has 1 aromatic heterocycles. The van der Waals surface area contributed by atoms with Crippen LogP contribution < -0.4 is 15.4 Å². The van der Waals surface area contributed by atoms with Crippen molar-refractivity contribution in [1.82, 2.24) is 10.6 Å². The summed E-state index contributed by atoms with van der Waals surface area (Å²) in [7, 11) is 1.61. The van der Waals surface area contributed by atoms with Gasteiger partial charge in [0, 0.05) is 21.5 Å². The van der Waals surface area contributed by atoms with Crippen LogP contribution in [-0.2, 0) is 6.54 Å². The monoisotopic (exact) mass is 402 g/mol. The number of carbonyl (C=O) groups excluding carboxylic acids is 1. The van der Waals surface area contributed by atoms with Crippen molar-refractivity contribution in [3.63, 3.8) is 0 Å². The predicted molar refractivity (Wildman–Crippen MR) is 93.8 cm³/mol. The van der Waals surface area contributed by atoms with Gasteiger partial charge in [0.15, 0.2) is 0 Å². The zero-order valence-corrected chi connectivity index (χ0v) is 15.3. The number of thiophene rings is 1. The van der Waals surface area contributed by atoms with Gasteiger partial charge in [-0.15, -0.1) is 11.3 Å². The average Bonchev–Trinajstić information content (AvgIpc) is 2.92. The maximum Gasteiger partial charge on any atom is 0.315 e. The van der Waals surface area contributed by atoms with Crippen LogP contribution in [0.3, 0.4) is 0 Å². The molecule has 2 amide bonds. The summed E-state index contributed by atoms with van der Waals surface area (Å²) in [5.41, 5.74) is 0.902. The lowest BCUT2D eigenvalue weighted by molar-refractivity contribution is 0.237. The lowest BCUT2D eigenvalue weighted by Gasteiger charge is -2.14. The minimum Gasteiger partial charge on any atom is -0.496 e. The van der Waals surface area contributed by atoms with Gasteiger partial charge in [0.05, 0.1) is 17.5 Å². The standard InChI is InChI=1S/C15H16BrClN2O2S/c1-9(13-5-6-14(17)22-13)19-15(20)18-8-10-7-11(16)3-4-12(10)21-2/h3-7,9H,8H2,1-2H3,(H2,18,19,20). The molecule has 0 saturated heterocycles. The molecule has 0 aliphatic heterocycles. The third-order valence-electron chi connectivity index (χ3n) is 3.05. The Kier molecular flexibility index (Phi) is 6.11. The van der Waals surface area contributed by atoms with Crippen molar-refractivity contribution >= 4 is 44.9 Å². The Morgan fingerprint density at radius 2 is 2.18 bits per heavy atom. The van der Waals surface area contributed by atoms with Gasteiger partial charge in [-0.25, -0.2) is 4.79 Å². The molecule has 0 bridgehead atoms. The van der Waals surface area contributed by atoms with Gasteiger partial charge in [-0.1, -0.05) is 27.5 Å². The first-order valence-corrected chi connectivity index (χ1v) is 8.60. The molecule has 0 saturated carbocycles. The lowest BCUT2D eigenvalue weighted by Crippen LogP contribution is -2.36. The van der Waals surface area contributed by atoms with E-state index in [0.717, 1.165) is 20.7 Å². The second-order valence-corrected chi connectivity index (χ2v) is 7.31. The van der Waals surface area contributed by atoms with E-state index in [1.54, 1.807) is 7.11 Å². The second kappa shape index (κ2) is 7.85. The van der Waals surface area contributed by atoms with E-state index < -0.39 is 0 Å². The van der Waals surface area contributed by atoms with Crippen LogP contribution in [-0.4, -0.2) is 13.1 Å². The van der Waals surface area contributed by atoms with Crippen LogP contribution in [0.5, 0.6) is 5.75 Å². The Morgan fingerprint density at radius 3 is 2.82 bits per heavy atom. The second-order valence-electron chi connectivity index (χ2n) is 4.65. The van der Waals surface area contributed by atoms with Gasteiger partial charge in [-0.2, -0.15) is 0 Å². The molecule has 0 aliphatic rings. The molecule has 0 fully saturated rings. The molecule has 0 radical (unpaired) electrons. The Labute approximate surface area is 146 Å². The van der Waals surface area contributed by atoms with Crippen LogP contribution in [0.4, 0.5) is 4.79 Å². The van der Waals surface area contributed by atoms with Crippen LogP contribution in [0.15, 0.2) is 34.8 Å². The highest BCUT2D eigenvalue weighted by molar-refractivity contribution is 9.10. The van der Waals surface area contributed by atoms with Crippen molar-refractivity contribution in [3.8, 4) is 5.75 Å².